The Kier molecular flexibility index (Phi) is 5.73. The zero-order valence-corrected chi connectivity index (χ0v) is 19.3. The number of carbonyl (C=O) groups is 1. The Morgan fingerprint density at radius 1 is 0.879 bits per heavy atom. The van der Waals surface area contributed by atoms with Crippen LogP contribution in [0.1, 0.15) is 35.9 Å². The number of nitrogens with one attached hydrogen (secondary N) is 2. The molecule has 1 heterocycles. The van der Waals surface area contributed by atoms with E-state index in [1.165, 1.54) is 0 Å². The van der Waals surface area contributed by atoms with Gasteiger partial charge in [-0.05, 0) is 48.2 Å². The molecule has 2 N–H and O–H groups in total. The van der Waals surface area contributed by atoms with Crippen LogP contribution in [0.5, 0.6) is 11.5 Å². The van der Waals surface area contributed by atoms with Crippen molar-refractivity contribution in [3.63, 3.8) is 0 Å². The van der Waals surface area contributed by atoms with Crippen molar-refractivity contribution < 1.29 is 14.3 Å². The molecule has 0 saturated carbocycles. The van der Waals surface area contributed by atoms with E-state index in [4.69, 9.17) is 21.1 Å². The molecule has 168 valence electrons. The number of fused-ring (bicyclic) bond motifs is 1. The van der Waals surface area contributed by atoms with E-state index in [-0.39, 0.29) is 17.7 Å². The molecule has 5 nitrogen and oxygen atoms in total. The standard InChI is InChI=1S/C27H25ClN2O3/c1-32-24-9-5-6-19(27(24)33-2)26-25-22(29-20-7-3-4-8-21(20)30-26)14-17(15-23(25)31)16-10-12-18(28)13-11-16/h3-13,17,26,29-30H,14-15H2,1-2H3/t17-,26-/m0/s1. The van der Waals surface area contributed by atoms with Crippen LogP contribution in [0.3, 0.4) is 0 Å². The summed E-state index contributed by atoms with van der Waals surface area (Å²) in [7, 11) is 3.24. The third kappa shape index (κ3) is 3.93. The zero-order chi connectivity index (χ0) is 22.9. The molecule has 0 spiro atoms. The fourth-order valence-corrected chi connectivity index (χ4v) is 4.96. The number of benzene rings is 3. The van der Waals surface area contributed by atoms with Crippen LogP contribution in [0.15, 0.2) is 78.0 Å². The highest BCUT2D eigenvalue weighted by atomic mass is 35.5. The molecule has 3 aromatic carbocycles. The molecular formula is C27H25ClN2O3. The summed E-state index contributed by atoms with van der Waals surface area (Å²) in [4.78, 5) is 13.7. The van der Waals surface area contributed by atoms with Gasteiger partial charge in [0.2, 0.25) is 0 Å². The number of halogens is 1. The Balaban J connectivity index is 1.64. The van der Waals surface area contributed by atoms with Gasteiger partial charge in [0, 0.05) is 28.3 Å². The van der Waals surface area contributed by atoms with Crippen LogP contribution in [0.2, 0.25) is 5.02 Å². The van der Waals surface area contributed by atoms with Crippen LogP contribution in [-0.4, -0.2) is 20.0 Å². The Morgan fingerprint density at radius 3 is 2.36 bits per heavy atom. The number of Topliss-reactive ketones (excluding diaryl/α,β-unsaturated/α-hetero) is 1. The Labute approximate surface area is 198 Å². The summed E-state index contributed by atoms with van der Waals surface area (Å²) in [6.45, 7) is 0. The molecule has 0 saturated heterocycles. The molecule has 0 aromatic heterocycles. The Bertz CT molecular complexity index is 1240. The molecule has 0 radical (unpaired) electrons. The molecule has 0 amide bonds. The number of ether oxygens (including phenoxy) is 2. The van der Waals surface area contributed by atoms with Gasteiger partial charge in [-0.2, -0.15) is 0 Å². The van der Waals surface area contributed by atoms with E-state index < -0.39 is 0 Å². The van der Waals surface area contributed by atoms with Crippen LogP contribution in [0.25, 0.3) is 0 Å². The summed E-state index contributed by atoms with van der Waals surface area (Å²) in [5.41, 5.74) is 5.52. The van der Waals surface area contributed by atoms with Crippen LogP contribution in [0.4, 0.5) is 11.4 Å². The molecule has 3 aromatic rings. The number of carbonyl (C=O) groups excluding carboxylic acids is 1. The number of ketones is 1. The largest absolute Gasteiger partial charge is 0.493 e. The van der Waals surface area contributed by atoms with Crippen molar-refractivity contribution in [2.45, 2.75) is 24.8 Å². The lowest BCUT2D eigenvalue weighted by Gasteiger charge is -2.30. The fourth-order valence-electron chi connectivity index (χ4n) is 4.84. The molecule has 0 unspecified atom stereocenters. The average Bonchev–Trinajstić information content (AvgIpc) is 3.00. The van der Waals surface area contributed by atoms with Crippen molar-refractivity contribution in [2.24, 2.45) is 0 Å². The number of hydrogen-bond acceptors (Lipinski definition) is 5. The van der Waals surface area contributed by atoms with Gasteiger partial charge >= 0.3 is 0 Å². The molecular weight excluding hydrogens is 436 g/mol. The van der Waals surface area contributed by atoms with E-state index in [0.29, 0.717) is 22.9 Å². The zero-order valence-electron chi connectivity index (χ0n) is 18.5. The Hall–Kier alpha value is -3.44. The average molecular weight is 461 g/mol. The molecule has 0 fully saturated rings. The van der Waals surface area contributed by atoms with Gasteiger partial charge in [0.05, 0.1) is 31.6 Å². The first-order valence-electron chi connectivity index (χ1n) is 10.9. The molecule has 2 atom stereocenters. The van der Waals surface area contributed by atoms with Crippen molar-refractivity contribution in [1.29, 1.82) is 0 Å². The maximum Gasteiger partial charge on any atom is 0.166 e. The molecule has 2 aliphatic rings. The number of rotatable bonds is 4. The summed E-state index contributed by atoms with van der Waals surface area (Å²) >= 11 is 6.09. The van der Waals surface area contributed by atoms with E-state index in [0.717, 1.165) is 40.2 Å². The van der Waals surface area contributed by atoms with Crippen LogP contribution < -0.4 is 20.1 Å². The summed E-state index contributed by atoms with van der Waals surface area (Å²) in [5, 5.41) is 7.86. The van der Waals surface area contributed by atoms with Gasteiger partial charge in [0.1, 0.15) is 0 Å². The van der Waals surface area contributed by atoms with Gasteiger partial charge in [-0.1, -0.05) is 48.0 Å². The van der Waals surface area contributed by atoms with Gasteiger partial charge in [0.25, 0.3) is 0 Å². The fraction of sp³-hybridized carbons (Fsp3) is 0.222. The first-order valence-corrected chi connectivity index (χ1v) is 11.3. The SMILES string of the molecule is COc1cccc([C@@H]2Nc3ccccc3NC3=C2C(=O)C[C@@H](c2ccc(Cl)cc2)C3)c1OC. The maximum atomic E-state index is 13.7. The molecule has 0 bridgehead atoms. The van der Waals surface area contributed by atoms with Crippen molar-refractivity contribution in [1.82, 2.24) is 0 Å². The number of methoxy groups -OCH3 is 2. The third-order valence-electron chi connectivity index (χ3n) is 6.39. The predicted octanol–water partition coefficient (Wildman–Crippen LogP) is 6.34. The highest BCUT2D eigenvalue weighted by molar-refractivity contribution is 6.30. The van der Waals surface area contributed by atoms with Crippen molar-refractivity contribution >= 4 is 28.8 Å². The van der Waals surface area contributed by atoms with Gasteiger partial charge in [-0.3, -0.25) is 4.79 Å². The van der Waals surface area contributed by atoms with Gasteiger partial charge in [0.15, 0.2) is 17.3 Å². The minimum Gasteiger partial charge on any atom is -0.493 e. The normalized spacial score (nSPS) is 19.5. The molecule has 6 heteroatoms. The summed E-state index contributed by atoms with van der Waals surface area (Å²) < 4.78 is 11.3. The van der Waals surface area contributed by atoms with Gasteiger partial charge in [-0.25, -0.2) is 0 Å². The Morgan fingerprint density at radius 2 is 1.64 bits per heavy atom. The number of para-hydroxylation sites is 3. The van der Waals surface area contributed by atoms with Crippen LogP contribution in [-0.2, 0) is 4.79 Å². The van der Waals surface area contributed by atoms with E-state index in [2.05, 4.69) is 10.6 Å². The van der Waals surface area contributed by atoms with Crippen LogP contribution >= 0.6 is 11.6 Å². The second-order valence-corrected chi connectivity index (χ2v) is 8.74. The van der Waals surface area contributed by atoms with Gasteiger partial charge < -0.3 is 20.1 Å². The van der Waals surface area contributed by atoms with E-state index in [1.54, 1.807) is 14.2 Å². The monoisotopic (exact) mass is 460 g/mol. The summed E-state index contributed by atoms with van der Waals surface area (Å²) in [6, 6.07) is 21.2. The first kappa shape index (κ1) is 21.4. The van der Waals surface area contributed by atoms with Crippen molar-refractivity contribution in [2.75, 3.05) is 24.9 Å². The number of hydrogen-bond donors (Lipinski definition) is 2. The highest BCUT2D eigenvalue weighted by Crippen LogP contribution is 2.47. The second-order valence-electron chi connectivity index (χ2n) is 8.30. The van der Waals surface area contributed by atoms with E-state index in [1.807, 2.05) is 66.7 Å². The predicted molar refractivity (Wildman–Crippen MR) is 131 cm³/mol. The van der Waals surface area contributed by atoms with Crippen molar-refractivity contribution in [3.05, 3.63) is 94.1 Å². The topological polar surface area (TPSA) is 59.6 Å². The van der Waals surface area contributed by atoms with Crippen molar-refractivity contribution in [3.8, 4) is 11.5 Å². The number of anilines is 2. The summed E-state index contributed by atoms with van der Waals surface area (Å²) in [6.07, 6.45) is 1.16. The second kappa shape index (κ2) is 8.83. The molecule has 5 rings (SSSR count). The summed E-state index contributed by atoms with van der Waals surface area (Å²) in [5.74, 6) is 1.45. The minimum atomic E-state index is -0.375. The molecule has 1 aliphatic carbocycles. The highest BCUT2D eigenvalue weighted by Gasteiger charge is 2.37. The lowest BCUT2D eigenvalue weighted by atomic mass is 9.78. The first-order chi connectivity index (χ1) is 16.1. The molecule has 1 aliphatic heterocycles. The third-order valence-corrected chi connectivity index (χ3v) is 6.65. The number of allylic oxidation sites excluding steroid dienone is 1. The van der Waals surface area contributed by atoms with E-state index >= 15 is 0 Å². The smallest absolute Gasteiger partial charge is 0.166 e. The minimum absolute atomic E-state index is 0.0825. The van der Waals surface area contributed by atoms with E-state index in [9.17, 15) is 4.79 Å². The lowest BCUT2D eigenvalue weighted by molar-refractivity contribution is -0.116. The lowest BCUT2D eigenvalue weighted by Crippen LogP contribution is -2.27. The van der Waals surface area contributed by atoms with Crippen LogP contribution in [0, 0.1) is 0 Å². The molecule has 33 heavy (non-hydrogen) atoms. The quantitative estimate of drug-likeness (QED) is 0.476. The maximum absolute atomic E-state index is 13.7. The van der Waals surface area contributed by atoms with Gasteiger partial charge in [-0.15, -0.1) is 0 Å².